The monoisotopic (exact) mass is 260 g/mol. The summed E-state index contributed by atoms with van der Waals surface area (Å²) in [7, 11) is 2.01. The zero-order valence-electron chi connectivity index (χ0n) is 12.7. The zero-order chi connectivity index (χ0) is 13.6. The molecule has 0 aromatic rings. The highest BCUT2D eigenvalue weighted by atomic mass is 16.5. The fraction of sp³-hybridized carbons (Fsp3) is 1.00. The van der Waals surface area contributed by atoms with Crippen molar-refractivity contribution in [3.63, 3.8) is 0 Å². The van der Waals surface area contributed by atoms with Crippen LogP contribution in [0, 0.1) is 0 Å². The second kappa shape index (κ2) is 13.3. The second-order valence-corrected chi connectivity index (χ2v) is 4.52. The van der Waals surface area contributed by atoms with Crippen molar-refractivity contribution in [2.24, 2.45) is 0 Å². The molecule has 4 nitrogen and oxygen atoms in total. The largest absolute Gasteiger partial charge is 0.380 e. The van der Waals surface area contributed by atoms with Crippen molar-refractivity contribution in [2.45, 2.75) is 39.7 Å². The van der Waals surface area contributed by atoms with Crippen molar-refractivity contribution in [3.05, 3.63) is 0 Å². The summed E-state index contributed by atoms with van der Waals surface area (Å²) in [6, 6.07) is 0.597. The van der Waals surface area contributed by atoms with Gasteiger partial charge in [0, 0.05) is 32.3 Å². The highest BCUT2D eigenvalue weighted by Gasteiger charge is 2.12. The van der Waals surface area contributed by atoms with Gasteiger partial charge in [0.25, 0.3) is 0 Å². The molecule has 0 heterocycles. The molecular weight excluding hydrogens is 228 g/mol. The van der Waals surface area contributed by atoms with Crippen LogP contribution in [0.25, 0.3) is 0 Å². The molecule has 0 aromatic heterocycles. The summed E-state index contributed by atoms with van der Waals surface area (Å²) in [6.07, 6.45) is 2.44. The maximum Gasteiger partial charge on any atom is 0.0593 e. The molecule has 0 saturated heterocycles. The summed E-state index contributed by atoms with van der Waals surface area (Å²) in [5.74, 6) is 0. The van der Waals surface area contributed by atoms with Crippen molar-refractivity contribution < 1.29 is 9.47 Å². The number of ether oxygens (including phenoxy) is 2. The summed E-state index contributed by atoms with van der Waals surface area (Å²) in [5.41, 5.74) is 0. The van der Waals surface area contributed by atoms with E-state index >= 15 is 0 Å². The van der Waals surface area contributed by atoms with E-state index in [-0.39, 0.29) is 0 Å². The van der Waals surface area contributed by atoms with E-state index in [1.54, 1.807) is 0 Å². The maximum atomic E-state index is 5.45. The summed E-state index contributed by atoms with van der Waals surface area (Å²) < 4.78 is 10.9. The van der Waals surface area contributed by atoms with Gasteiger partial charge in [0.2, 0.25) is 0 Å². The smallest absolute Gasteiger partial charge is 0.0593 e. The molecule has 1 unspecified atom stereocenters. The Morgan fingerprint density at radius 1 is 1.06 bits per heavy atom. The lowest BCUT2D eigenvalue weighted by molar-refractivity contribution is 0.0640. The average molecular weight is 260 g/mol. The molecule has 0 spiro atoms. The molecule has 0 rings (SSSR count). The third-order valence-electron chi connectivity index (χ3n) is 3.13. The molecule has 0 aliphatic carbocycles. The lowest BCUT2D eigenvalue weighted by atomic mass is 10.1. The molecule has 1 N–H and O–H groups in total. The fourth-order valence-electron chi connectivity index (χ4n) is 1.96. The molecule has 110 valence electrons. The van der Waals surface area contributed by atoms with E-state index in [1.165, 1.54) is 12.8 Å². The standard InChI is InChI=1S/C14H32N2O2/c1-5-17-12-10-16(11-13-18-6-2)14(3)8-7-9-15-4/h14-15H,5-13H2,1-4H3. The lowest BCUT2D eigenvalue weighted by Crippen LogP contribution is -2.38. The van der Waals surface area contributed by atoms with Crippen LogP contribution >= 0.6 is 0 Å². The van der Waals surface area contributed by atoms with E-state index in [0.29, 0.717) is 6.04 Å². The molecule has 1 atom stereocenters. The third-order valence-corrected chi connectivity index (χ3v) is 3.13. The highest BCUT2D eigenvalue weighted by Crippen LogP contribution is 2.06. The van der Waals surface area contributed by atoms with Crippen molar-refractivity contribution in [3.8, 4) is 0 Å². The first kappa shape index (κ1) is 17.8. The van der Waals surface area contributed by atoms with Crippen molar-refractivity contribution in [1.82, 2.24) is 10.2 Å². The molecule has 0 fully saturated rings. The van der Waals surface area contributed by atoms with Crippen LogP contribution in [0.1, 0.15) is 33.6 Å². The van der Waals surface area contributed by atoms with Crippen molar-refractivity contribution in [1.29, 1.82) is 0 Å². The van der Waals surface area contributed by atoms with E-state index in [2.05, 4.69) is 17.1 Å². The van der Waals surface area contributed by atoms with Gasteiger partial charge in [-0.05, 0) is 47.2 Å². The van der Waals surface area contributed by atoms with Crippen molar-refractivity contribution >= 4 is 0 Å². The van der Waals surface area contributed by atoms with Crippen LogP contribution in [0.5, 0.6) is 0 Å². The molecule has 0 radical (unpaired) electrons. The van der Waals surface area contributed by atoms with E-state index in [4.69, 9.17) is 9.47 Å². The van der Waals surface area contributed by atoms with Crippen molar-refractivity contribution in [2.75, 3.05) is 53.1 Å². The molecule has 4 heteroatoms. The van der Waals surface area contributed by atoms with Gasteiger partial charge in [0.05, 0.1) is 13.2 Å². The topological polar surface area (TPSA) is 33.7 Å². The number of rotatable bonds is 13. The van der Waals surface area contributed by atoms with Gasteiger partial charge >= 0.3 is 0 Å². The Kier molecular flexibility index (Phi) is 13.2. The zero-order valence-corrected chi connectivity index (χ0v) is 12.7. The van der Waals surface area contributed by atoms with Gasteiger partial charge in [-0.1, -0.05) is 0 Å². The lowest BCUT2D eigenvalue weighted by Gasteiger charge is -2.29. The minimum Gasteiger partial charge on any atom is -0.380 e. The molecule has 0 saturated carbocycles. The van der Waals surface area contributed by atoms with Crippen LogP contribution < -0.4 is 5.32 Å². The molecular formula is C14H32N2O2. The van der Waals surface area contributed by atoms with Crippen LogP contribution in [0.4, 0.5) is 0 Å². The first-order valence-corrected chi connectivity index (χ1v) is 7.30. The number of hydrogen-bond donors (Lipinski definition) is 1. The number of nitrogens with zero attached hydrogens (tertiary/aromatic N) is 1. The van der Waals surface area contributed by atoms with Gasteiger partial charge in [-0.3, -0.25) is 4.90 Å². The molecule has 0 amide bonds. The van der Waals surface area contributed by atoms with Crippen LogP contribution in [0.2, 0.25) is 0 Å². The summed E-state index contributed by atoms with van der Waals surface area (Å²) >= 11 is 0. The molecule has 0 aliphatic rings. The summed E-state index contributed by atoms with van der Waals surface area (Å²) in [4.78, 5) is 2.47. The Morgan fingerprint density at radius 2 is 1.61 bits per heavy atom. The predicted molar refractivity (Wildman–Crippen MR) is 77.2 cm³/mol. The Morgan fingerprint density at radius 3 is 2.06 bits per heavy atom. The SMILES string of the molecule is CCOCCN(CCOCC)C(C)CCCNC. The first-order valence-electron chi connectivity index (χ1n) is 7.30. The van der Waals surface area contributed by atoms with Gasteiger partial charge in [-0.25, -0.2) is 0 Å². The predicted octanol–water partition coefficient (Wildman–Crippen LogP) is 1.75. The van der Waals surface area contributed by atoms with Gasteiger partial charge in [-0.2, -0.15) is 0 Å². The Balaban J connectivity index is 3.90. The Labute approximate surface area is 113 Å². The van der Waals surface area contributed by atoms with Crippen LogP contribution in [-0.2, 0) is 9.47 Å². The normalized spacial score (nSPS) is 13.2. The Hall–Kier alpha value is -0.160. The van der Waals surface area contributed by atoms with Gasteiger partial charge in [0.15, 0.2) is 0 Å². The van der Waals surface area contributed by atoms with E-state index in [0.717, 1.165) is 46.1 Å². The minimum absolute atomic E-state index is 0.597. The van der Waals surface area contributed by atoms with Gasteiger partial charge in [0.1, 0.15) is 0 Å². The number of hydrogen-bond acceptors (Lipinski definition) is 4. The molecule has 0 aromatic carbocycles. The molecule has 0 aliphatic heterocycles. The van der Waals surface area contributed by atoms with Gasteiger partial charge < -0.3 is 14.8 Å². The highest BCUT2D eigenvalue weighted by molar-refractivity contribution is 4.67. The molecule has 18 heavy (non-hydrogen) atoms. The summed E-state index contributed by atoms with van der Waals surface area (Å²) in [6.45, 7) is 12.7. The summed E-state index contributed by atoms with van der Waals surface area (Å²) in [5, 5.41) is 3.20. The quantitative estimate of drug-likeness (QED) is 0.512. The molecule has 0 bridgehead atoms. The second-order valence-electron chi connectivity index (χ2n) is 4.52. The van der Waals surface area contributed by atoms with Gasteiger partial charge in [-0.15, -0.1) is 0 Å². The first-order chi connectivity index (χ1) is 8.76. The van der Waals surface area contributed by atoms with Crippen LogP contribution in [0.3, 0.4) is 0 Å². The maximum absolute atomic E-state index is 5.45. The van der Waals surface area contributed by atoms with E-state index in [9.17, 15) is 0 Å². The fourth-order valence-corrected chi connectivity index (χ4v) is 1.96. The number of nitrogens with one attached hydrogen (secondary N) is 1. The van der Waals surface area contributed by atoms with Crippen LogP contribution in [0.15, 0.2) is 0 Å². The minimum atomic E-state index is 0.597. The third kappa shape index (κ3) is 9.83. The average Bonchev–Trinajstić information content (AvgIpc) is 2.37. The van der Waals surface area contributed by atoms with E-state index in [1.807, 2.05) is 20.9 Å². The Bertz CT molecular complexity index is 158. The van der Waals surface area contributed by atoms with Crippen LogP contribution in [-0.4, -0.2) is 64.1 Å². The van der Waals surface area contributed by atoms with E-state index < -0.39 is 0 Å².